The molecular formula is C21H18N4O2S. The van der Waals surface area contributed by atoms with Crippen LogP contribution in [0.15, 0.2) is 65.8 Å². The van der Waals surface area contributed by atoms with E-state index in [-0.39, 0.29) is 11.7 Å². The van der Waals surface area contributed by atoms with Crippen LogP contribution in [0.5, 0.6) is 5.75 Å². The van der Waals surface area contributed by atoms with Gasteiger partial charge in [0.05, 0.1) is 22.0 Å². The van der Waals surface area contributed by atoms with Crippen molar-refractivity contribution in [3.63, 3.8) is 0 Å². The SMILES string of the molecule is CC(=NNC(=O)c1cc2c(C)nn(-c3ccccc3)c2s1)c1ccc(O)cc1. The van der Waals surface area contributed by atoms with E-state index in [1.807, 2.05) is 48.0 Å². The van der Waals surface area contributed by atoms with Gasteiger partial charge in [0.2, 0.25) is 0 Å². The summed E-state index contributed by atoms with van der Waals surface area (Å²) in [5.41, 5.74) is 5.91. The van der Waals surface area contributed by atoms with Crippen molar-refractivity contribution in [1.29, 1.82) is 0 Å². The number of aromatic hydroxyl groups is 1. The van der Waals surface area contributed by atoms with Crippen LogP contribution in [0.4, 0.5) is 0 Å². The third-order valence-corrected chi connectivity index (χ3v) is 5.49. The molecule has 28 heavy (non-hydrogen) atoms. The number of nitrogens with zero attached hydrogens (tertiary/aromatic N) is 3. The van der Waals surface area contributed by atoms with Crippen LogP contribution in [0.1, 0.15) is 27.9 Å². The molecule has 7 heteroatoms. The molecule has 0 atom stereocenters. The molecule has 0 aliphatic heterocycles. The Bertz CT molecular complexity index is 1170. The summed E-state index contributed by atoms with van der Waals surface area (Å²) in [4.78, 5) is 14.1. The third-order valence-electron chi connectivity index (χ3n) is 4.38. The zero-order valence-electron chi connectivity index (χ0n) is 15.4. The lowest BCUT2D eigenvalue weighted by Gasteiger charge is -2.02. The van der Waals surface area contributed by atoms with Crippen molar-refractivity contribution in [3.05, 3.63) is 76.8 Å². The summed E-state index contributed by atoms with van der Waals surface area (Å²) in [6.07, 6.45) is 0. The third kappa shape index (κ3) is 3.39. The number of carbonyl (C=O) groups is 1. The number of hydrogen-bond acceptors (Lipinski definition) is 5. The molecule has 0 unspecified atom stereocenters. The van der Waals surface area contributed by atoms with Crippen LogP contribution in [-0.4, -0.2) is 26.5 Å². The average Bonchev–Trinajstić information content (AvgIpc) is 3.28. The van der Waals surface area contributed by atoms with Crippen LogP contribution in [0.25, 0.3) is 15.9 Å². The first-order chi connectivity index (χ1) is 13.5. The van der Waals surface area contributed by atoms with Crippen LogP contribution in [-0.2, 0) is 0 Å². The first kappa shape index (κ1) is 17.9. The lowest BCUT2D eigenvalue weighted by molar-refractivity contribution is 0.0959. The number of nitrogens with one attached hydrogen (secondary N) is 1. The number of aromatic nitrogens is 2. The standard InChI is InChI=1S/C21H18N4O2S/c1-13(15-8-10-17(26)11-9-15)22-23-20(27)19-12-18-14(2)24-25(21(18)28-19)16-6-4-3-5-7-16/h3-12,26H,1-2H3,(H,23,27). The minimum atomic E-state index is -0.265. The normalized spacial score (nSPS) is 11.7. The Morgan fingerprint density at radius 3 is 2.57 bits per heavy atom. The van der Waals surface area contributed by atoms with Crippen LogP contribution in [0.2, 0.25) is 0 Å². The Hall–Kier alpha value is -3.45. The van der Waals surface area contributed by atoms with E-state index in [0.717, 1.165) is 27.2 Å². The highest BCUT2D eigenvalue weighted by Crippen LogP contribution is 2.30. The molecule has 2 heterocycles. The van der Waals surface area contributed by atoms with E-state index in [2.05, 4.69) is 15.6 Å². The Morgan fingerprint density at radius 1 is 1.14 bits per heavy atom. The number of para-hydroxylation sites is 1. The van der Waals surface area contributed by atoms with Crippen LogP contribution in [0, 0.1) is 6.92 Å². The van der Waals surface area contributed by atoms with E-state index in [0.29, 0.717) is 10.6 Å². The van der Waals surface area contributed by atoms with E-state index in [1.54, 1.807) is 31.2 Å². The fourth-order valence-electron chi connectivity index (χ4n) is 2.86. The van der Waals surface area contributed by atoms with Gasteiger partial charge in [-0.25, -0.2) is 10.1 Å². The molecule has 0 bridgehead atoms. The van der Waals surface area contributed by atoms with Gasteiger partial charge in [-0.3, -0.25) is 4.79 Å². The number of thiophene rings is 1. The quantitative estimate of drug-likeness (QED) is 0.404. The largest absolute Gasteiger partial charge is 0.508 e. The summed E-state index contributed by atoms with van der Waals surface area (Å²) in [6, 6.07) is 18.4. The second kappa shape index (κ2) is 7.28. The van der Waals surface area contributed by atoms with Gasteiger partial charge in [0.15, 0.2) is 0 Å². The molecule has 0 aliphatic carbocycles. The highest BCUT2D eigenvalue weighted by atomic mass is 32.1. The van der Waals surface area contributed by atoms with Crippen LogP contribution in [0.3, 0.4) is 0 Å². The molecule has 140 valence electrons. The Morgan fingerprint density at radius 2 is 1.86 bits per heavy atom. The maximum atomic E-state index is 12.6. The number of phenolic OH excluding ortho intramolecular Hbond substituents is 1. The van der Waals surface area contributed by atoms with Gasteiger partial charge in [0.25, 0.3) is 5.91 Å². The second-order valence-electron chi connectivity index (χ2n) is 6.35. The molecule has 0 saturated carbocycles. The summed E-state index contributed by atoms with van der Waals surface area (Å²) in [5.74, 6) is -0.0768. The Labute approximate surface area is 165 Å². The number of rotatable bonds is 4. The van der Waals surface area contributed by atoms with E-state index < -0.39 is 0 Å². The van der Waals surface area contributed by atoms with Gasteiger partial charge in [0.1, 0.15) is 10.6 Å². The number of aryl methyl sites for hydroxylation is 1. The number of benzene rings is 2. The van der Waals surface area contributed by atoms with Crippen molar-refractivity contribution in [1.82, 2.24) is 15.2 Å². The first-order valence-corrected chi connectivity index (χ1v) is 9.53. The number of hydrazone groups is 1. The number of fused-ring (bicyclic) bond motifs is 1. The van der Waals surface area contributed by atoms with E-state index in [4.69, 9.17) is 0 Å². The molecule has 4 rings (SSSR count). The molecule has 0 spiro atoms. The molecule has 0 radical (unpaired) electrons. The summed E-state index contributed by atoms with van der Waals surface area (Å²) in [7, 11) is 0. The summed E-state index contributed by atoms with van der Waals surface area (Å²) in [5, 5.41) is 19.1. The smallest absolute Gasteiger partial charge is 0.281 e. The molecule has 0 saturated heterocycles. The number of hydrogen-bond donors (Lipinski definition) is 2. The van der Waals surface area contributed by atoms with Gasteiger partial charge in [0, 0.05) is 5.39 Å². The fraction of sp³-hybridized carbons (Fsp3) is 0.0952. The maximum Gasteiger partial charge on any atom is 0.281 e. The molecule has 2 aromatic carbocycles. The molecule has 0 fully saturated rings. The molecule has 2 aromatic heterocycles. The minimum absolute atomic E-state index is 0.189. The molecule has 4 aromatic rings. The van der Waals surface area contributed by atoms with Crippen molar-refractivity contribution in [2.24, 2.45) is 5.10 Å². The lowest BCUT2D eigenvalue weighted by Crippen LogP contribution is -2.18. The Balaban J connectivity index is 1.60. The van der Waals surface area contributed by atoms with Gasteiger partial charge in [-0.1, -0.05) is 18.2 Å². The molecule has 6 nitrogen and oxygen atoms in total. The maximum absolute atomic E-state index is 12.6. The highest BCUT2D eigenvalue weighted by Gasteiger charge is 2.17. The first-order valence-electron chi connectivity index (χ1n) is 8.71. The predicted octanol–water partition coefficient (Wildman–Crippen LogP) is 4.26. The number of carbonyl (C=O) groups excluding carboxylic acids is 1. The zero-order valence-corrected chi connectivity index (χ0v) is 16.2. The number of amides is 1. The zero-order chi connectivity index (χ0) is 19.7. The fourth-order valence-corrected chi connectivity index (χ4v) is 3.93. The number of phenols is 1. The van der Waals surface area contributed by atoms with Crippen LogP contribution >= 0.6 is 11.3 Å². The monoisotopic (exact) mass is 390 g/mol. The molecule has 2 N–H and O–H groups in total. The lowest BCUT2D eigenvalue weighted by atomic mass is 10.1. The van der Waals surface area contributed by atoms with Gasteiger partial charge in [-0.15, -0.1) is 11.3 Å². The highest BCUT2D eigenvalue weighted by molar-refractivity contribution is 7.20. The molecular weight excluding hydrogens is 372 g/mol. The van der Waals surface area contributed by atoms with Crippen molar-refractivity contribution in [2.45, 2.75) is 13.8 Å². The molecule has 1 amide bonds. The topological polar surface area (TPSA) is 79.5 Å². The second-order valence-corrected chi connectivity index (χ2v) is 7.38. The van der Waals surface area contributed by atoms with E-state index in [9.17, 15) is 9.90 Å². The van der Waals surface area contributed by atoms with Crippen molar-refractivity contribution < 1.29 is 9.90 Å². The summed E-state index contributed by atoms with van der Waals surface area (Å²) in [6.45, 7) is 3.73. The van der Waals surface area contributed by atoms with Gasteiger partial charge in [-0.05, 0) is 61.9 Å². The van der Waals surface area contributed by atoms with Gasteiger partial charge < -0.3 is 5.11 Å². The van der Waals surface area contributed by atoms with E-state index >= 15 is 0 Å². The molecule has 0 aliphatic rings. The summed E-state index contributed by atoms with van der Waals surface area (Å²) < 4.78 is 1.86. The van der Waals surface area contributed by atoms with Gasteiger partial charge >= 0.3 is 0 Å². The van der Waals surface area contributed by atoms with E-state index in [1.165, 1.54) is 11.3 Å². The average molecular weight is 390 g/mol. The van der Waals surface area contributed by atoms with Crippen molar-refractivity contribution in [3.8, 4) is 11.4 Å². The predicted molar refractivity (Wildman–Crippen MR) is 111 cm³/mol. The minimum Gasteiger partial charge on any atom is -0.508 e. The van der Waals surface area contributed by atoms with Crippen molar-refractivity contribution in [2.75, 3.05) is 0 Å². The van der Waals surface area contributed by atoms with Gasteiger partial charge in [-0.2, -0.15) is 10.2 Å². The Kier molecular flexibility index (Phi) is 4.67. The van der Waals surface area contributed by atoms with Crippen LogP contribution < -0.4 is 5.43 Å². The van der Waals surface area contributed by atoms with Crippen molar-refractivity contribution >= 4 is 33.2 Å². The summed E-state index contributed by atoms with van der Waals surface area (Å²) >= 11 is 1.38.